The lowest BCUT2D eigenvalue weighted by Crippen LogP contribution is -2.02. The number of benzene rings is 2. The van der Waals surface area contributed by atoms with Crippen LogP contribution in [0.25, 0.3) is 20.9 Å². The Morgan fingerprint density at radius 2 is 1.12 bits per heavy atom. The van der Waals surface area contributed by atoms with Crippen molar-refractivity contribution in [1.29, 1.82) is 0 Å². The van der Waals surface area contributed by atoms with Gasteiger partial charge in [-0.25, -0.2) is 0 Å². The average Bonchev–Trinajstić information content (AvgIpc) is 2.61. The minimum absolute atomic E-state index is 0.202. The van der Waals surface area contributed by atoms with Crippen LogP contribution >= 0.6 is 0 Å². The molecular formula is C17H16N6O. The highest BCUT2D eigenvalue weighted by Gasteiger charge is 2.04. The number of carbonyl (C=O) groups is 1. The number of hydrogen-bond donors (Lipinski definition) is 0. The molecule has 0 aliphatic carbocycles. The van der Waals surface area contributed by atoms with E-state index >= 15 is 0 Å². The monoisotopic (exact) mass is 320 g/mol. The second-order valence-corrected chi connectivity index (χ2v) is 5.25. The number of aryl methyl sites for hydroxylation is 2. The zero-order valence-corrected chi connectivity index (χ0v) is 13.0. The molecule has 0 N–H and O–H groups in total. The summed E-state index contributed by atoms with van der Waals surface area (Å²) in [6, 6.07) is 14.4. The van der Waals surface area contributed by atoms with Crippen molar-refractivity contribution >= 4 is 17.2 Å². The highest BCUT2D eigenvalue weighted by atomic mass is 16.1. The maximum atomic E-state index is 12.0. The molecule has 0 spiro atoms. The van der Waals surface area contributed by atoms with Crippen LogP contribution in [0.1, 0.15) is 24.0 Å². The van der Waals surface area contributed by atoms with Gasteiger partial charge in [0.2, 0.25) is 0 Å². The molecular weight excluding hydrogens is 304 g/mol. The summed E-state index contributed by atoms with van der Waals surface area (Å²) in [5.74, 6) is 0.202. The summed E-state index contributed by atoms with van der Waals surface area (Å²) in [7, 11) is 0. The van der Waals surface area contributed by atoms with E-state index in [1.165, 1.54) is 0 Å². The van der Waals surface area contributed by atoms with Gasteiger partial charge in [-0.2, -0.15) is 0 Å². The number of rotatable bonds is 8. The van der Waals surface area contributed by atoms with Crippen molar-refractivity contribution in [2.24, 2.45) is 10.2 Å². The van der Waals surface area contributed by atoms with E-state index in [1.807, 2.05) is 24.3 Å². The van der Waals surface area contributed by atoms with E-state index in [0.29, 0.717) is 37.1 Å². The Bertz CT molecular complexity index is 717. The molecule has 0 unspecified atom stereocenters. The molecule has 0 bridgehead atoms. The van der Waals surface area contributed by atoms with Gasteiger partial charge < -0.3 is 0 Å². The van der Waals surface area contributed by atoms with Crippen LogP contribution in [0, 0.1) is 0 Å². The van der Waals surface area contributed by atoms with Gasteiger partial charge >= 0.3 is 0 Å². The predicted octanol–water partition coefficient (Wildman–Crippen LogP) is 5.70. The Morgan fingerprint density at radius 1 is 0.750 bits per heavy atom. The van der Waals surface area contributed by atoms with E-state index in [4.69, 9.17) is 11.1 Å². The van der Waals surface area contributed by atoms with Crippen molar-refractivity contribution < 1.29 is 4.79 Å². The van der Waals surface area contributed by atoms with E-state index in [0.717, 1.165) is 11.1 Å². The molecule has 0 aliphatic rings. The summed E-state index contributed by atoms with van der Waals surface area (Å²) < 4.78 is 0. The first-order valence-corrected chi connectivity index (χ1v) is 7.51. The Labute approximate surface area is 139 Å². The van der Waals surface area contributed by atoms with Crippen LogP contribution in [0.3, 0.4) is 0 Å². The molecule has 0 atom stereocenters. The van der Waals surface area contributed by atoms with Crippen LogP contribution in [0.15, 0.2) is 58.8 Å². The molecule has 0 heterocycles. The summed E-state index contributed by atoms with van der Waals surface area (Å²) in [5.41, 5.74) is 19.9. The average molecular weight is 320 g/mol. The third kappa shape index (κ3) is 5.50. The van der Waals surface area contributed by atoms with Gasteiger partial charge in [0.15, 0.2) is 0 Å². The van der Waals surface area contributed by atoms with Crippen LogP contribution < -0.4 is 0 Å². The van der Waals surface area contributed by atoms with Gasteiger partial charge in [0.25, 0.3) is 0 Å². The smallest absolute Gasteiger partial charge is 0.133 e. The maximum absolute atomic E-state index is 12.0. The molecule has 2 aromatic rings. The first kappa shape index (κ1) is 17.1. The Balaban J connectivity index is 1.78. The molecule has 2 rings (SSSR count). The van der Waals surface area contributed by atoms with Crippen LogP contribution in [0.4, 0.5) is 11.4 Å². The number of Topliss-reactive ketones (excluding diaryl/α,β-unsaturated/α-hetero) is 1. The van der Waals surface area contributed by atoms with Crippen molar-refractivity contribution in [3.63, 3.8) is 0 Å². The van der Waals surface area contributed by atoms with E-state index in [-0.39, 0.29) is 5.78 Å². The maximum Gasteiger partial charge on any atom is 0.133 e. The zero-order chi connectivity index (χ0) is 17.2. The van der Waals surface area contributed by atoms with Gasteiger partial charge in [-0.15, -0.1) is 0 Å². The fraction of sp³-hybridized carbons (Fsp3) is 0.235. The van der Waals surface area contributed by atoms with Crippen molar-refractivity contribution in [3.8, 4) is 0 Å². The molecule has 120 valence electrons. The summed E-state index contributed by atoms with van der Waals surface area (Å²) in [6.45, 7) is 0. The fourth-order valence-corrected chi connectivity index (χ4v) is 2.25. The molecule has 0 aliphatic heterocycles. The second kappa shape index (κ2) is 9.00. The number of ketones is 1. The lowest BCUT2D eigenvalue weighted by Gasteiger charge is -2.03. The molecule has 0 fully saturated rings. The first-order chi connectivity index (χ1) is 11.7. The number of azide groups is 2. The van der Waals surface area contributed by atoms with Crippen LogP contribution in [0.5, 0.6) is 0 Å². The Kier molecular flexibility index (Phi) is 6.41. The zero-order valence-electron chi connectivity index (χ0n) is 13.0. The fourth-order valence-electron chi connectivity index (χ4n) is 2.25. The Hall–Kier alpha value is -3.27. The molecule has 7 heteroatoms. The van der Waals surface area contributed by atoms with Crippen LogP contribution in [-0.2, 0) is 17.6 Å². The largest absolute Gasteiger partial charge is 0.300 e. The van der Waals surface area contributed by atoms with Crippen molar-refractivity contribution in [2.45, 2.75) is 25.7 Å². The highest BCUT2D eigenvalue weighted by Crippen LogP contribution is 2.16. The third-order valence-electron chi connectivity index (χ3n) is 3.58. The first-order valence-electron chi connectivity index (χ1n) is 7.51. The third-order valence-corrected chi connectivity index (χ3v) is 3.58. The highest BCUT2D eigenvalue weighted by molar-refractivity contribution is 5.78. The van der Waals surface area contributed by atoms with Gasteiger partial charge in [0, 0.05) is 34.0 Å². The molecule has 0 radical (unpaired) electrons. The predicted molar refractivity (Wildman–Crippen MR) is 92.1 cm³/mol. The molecule has 0 saturated carbocycles. The van der Waals surface area contributed by atoms with E-state index in [9.17, 15) is 4.79 Å². The number of hydrogen-bond acceptors (Lipinski definition) is 3. The van der Waals surface area contributed by atoms with E-state index in [2.05, 4.69) is 20.1 Å². The summed E-state index contributed by atoms with van der Waals surface area (Å²) in [6.07, 6.45) is 2.31. The van der Waals surface area contributed by atoms with Gasteiger partial charge in [-0.05, 0) is 35.0 Å². The van der Waals surface area contributed by atoms with Crippen molar-refractivity contribution in [3.05, 3.63) is 80.5 Å². The van der Waals surface area contributed by atoms with E-state index in [1.54, 1.807) is 24.3 Å². The lowest BCUT2D eigenvalue weighted by atomic mass is 10.0. The molecule has 0 amide bonds. The lowest BCUT2D eigenvalue weighted by molar-refractivity contribution is -0.119. The number of nitrogens with zero attached hydrogens (tertiary/aromatic N) is 6. The van der Waals surface area contributed by atoms with Gasteiger partial charge in [-0.1, -0.05) is 58.8 Å². The molecule has 0 aromatic heterocycles. The normalized spacial score (nSPS) is 9.67. The van der Waals surface area contributed by atoms with Gasteiger partial charge in [0.1, 0.15) is 5.78 Å². The second-order valence-electron chi connectivity index (χ2n) is 5.25. The number of carbonyl (C=O) groups excluding carboxylic acids is 1. The van der Waals surface area contributed by atoms with Gasteiger partial charge in [-0.3, -0.25) is 4.79 Å². The topological polar surface area (TPSA) is 115 Å². The summed E-state index contributed by atoms with van der Waals surface area (Å²) >= 11 is 0. The van der Waals surface area contributed by atoms with Gasteiger partial charge in [0.05, 0.1) is 0 Å². The quantitative estimate of drug-likeness (QED) is 0.346. The molecule has 0 saturated heterocycles. The van der Waals surface area contributed by atoms with Crippen LogP contribution in [-0.4, -0.2) is 5.78 Å². The Morgan fingerprint density at radius 3 is 1.46 bits per heavy atom. The SMILES string of the molecule is [N-]=[N+]=Nc1ccc(CCC(=O)CCc2ccc(N=[N+]=[N-])cc2)cc1. The molecule has 2 aromatic carbocycles. The summed E-state index contributed by atoms with van der Waals surface area (Å²) in [4.78, 5) is 17.4. The minimum atomic E-state index is 0.202. The van der Waals surface area contributed by atoms with Crippen LogP contribution in [0.2, 0.25) is 0 Å². The van der Waals surface area contributed by atoms with E-state index < -0.39 is 0 Å². The molecule has 7 nitrogen and oxygen atoms in total. The minimum Gasteiger partial charge on any atom is -0.300 e. The molecule has 24 heavy (non-hydrogen) atoms. The summed E-state index contributed by atoms with van der Waals surface area (Å²) in [5, 5.41) is 7.02. The van der Waals surface area contributed by atoms with Crippen molar-refractivity contribution in [1.82, 2.24) is 0 Å². The van der Waals surface area contributed by atoms with Crippen molar-refractivity contribution in [2.75, 3.05) is 0 Å². The standard InChI is InChI=1S/C17H16N6O/c18-22-20-15-7-1-13(2-8-15)5-11-17(24)12-6-14-3-9-16(10-4-14)21-23-19/h1-4,7-10H,5-6,11-12H2.